The second-order valence-corrected chi connectivity index (χ2v) is 4.26. The van der Waals surface area contributed by atoms with E-state index in [0.29, 0.717) is 10.3 Å². The molecule has 3 N–H and O–H groups in total. The molecule has 0 bridgehead atoms. The van der Waals surface area contributed by atoms with E-state index < -0.39 is 7.12 Å². The van der Waals surface area contributed by atoms with Crippen LogP contribution >= 0.6 is 24.0 Å². The van der Waals surface area contributed by atoms with Gasteiger partial charge in [0.1, 0.15) is 5.75 Å². The van der Waals surface area contributed by atoms with E-state index in [-0.39, 0.29) is 11.2 Å². The molecule has 0 radical (unpaired) electrons. The summed E-state index contributed by atoms with van der Waals surface area (Å²) in [6.07, 6.45) is 0. The fraction of sp³-hybridized carbons (Fsp3) is 0. The molecule has 0 atom stereocenters. The molecule has 1 aromatic carbocycles. The van der Waals surface area contributed by atoms with Crippen LogP contribution in [0.4, 0.5) is 0 Å². The van der Waals surface area contributed by atoms with E-state index in [1.54, 1.807) is 17.5 Å². The number of benzene rings is 1. The number of hydrogen-bond acceptors (Lipinski definition) is 5. The normalized spacial score (nSPS) is 10.8. The summed E-state index contributed by atoms with van der Waals surface area (Å²) >= 11 is 5.46. The van der Waals surface area contributed by atoms with Crippen molar-refractivity contribution in [2.45, 2.75) is 4.90 Å². The number of fused-ring (bicyclic) bond motifs is 1. The zero-order chi connectivity index (χ0) is 10.3. The van der Waals surface area contributed by atoms with Gasteiger partial charge in [-0.15, -0.1) is 24.0 Å². The Kier molecular flexibility index (Phi) is 2.44. The van der Waals surface area contributed by atoms with Crippen molar-refractivity contribution in [1.29, 1.82) is 0 Å². The fourth-order valence-corrected chi connectivity index (χ4v) is 2.53. The van der Waals surface area contributed by atoms with Gasteiger partial charge < -0.3 is 15.2 Å². The van der Waals surface area contributed by atoms with Gasteiger partial charge in [0.25, 0.3) is 0 Å². The monoisotopic (exact) mass is 226 g/mol. The molecule has 0 amide bonds. The van der Waals surface area contributed by atoms with Crippen LogP contribution in [-0.2, 0) is 0 Å². The molecule has 3 nitrogen and oxygen atoms in total. The lowest BCUT2D eigenvalue weighted by molar-refractivity contribution is 0.425. The molecule has 0 aliphatic carbocycles. The molecule has 0 unspecified atom stereocenters. The average Bonchev–Trinajstić information content (AvgIpc) is 2.47. The van der Waals surface area contributed by atoms with Gasteiger partial charge in [0.2, 0.25) is 0 Å². The first-order chi connectivity index (χ1) is 6.61. The third-order valence-corrected chi connectivity index (χ3v) is 3.32. The highest BCUT2D eigenvalue weighted by molar-refractivity contribution is 7.80. The fourth-order valence-electron chi connectivity index (χ4n) is 1.39. The molecule has 14 heavy (non-hydrogen) atoms. The lowest BCUT2D eigenvalue weighted by Gasteiger charge is -2.05. The van der Waals surface area contributed by atoms with E-state index in [9.17, 15) is 5.11 Å². The summed E-state index contributed by atoms with van der Waals surface area (Å²) in [5, 5.41) is 29.8. The Hall–Kier alpha value is -0.685. The number of thiol groups is 1. The summed E-state index contributed by atoms with van der Waals surface area (Å²) < 4.78 is 0.809. The van der Waals surface area contributed by atoms with Crippen LogP contribution in [0.1, 0.15) is 0 Å². The second kappa shape index (κ2) is 3.47. The van der Waals surface area contributed by atoms with Crippen LogP contribution in [0.5, 0.6) is 5.75 Å². The van der Waals surface area contributed by atoms with Gasteiger partial charge >= 0.3 is 7.12 Å². The van der Waals surface area contributed by atoms with Gasteiger partial charge in [-0.3, -0.25) is 0 Å². The Morgan fingerprint density at radius 3 is 2.64 bits per heavy atom. The van der Waals surface area contributed by atoms with E-state index >= 15 is 0 Å². The van der Waals surface area contributed by atoms with E-state index in [0.717, 1.165) is 4.70 Å². The predicted molar refractivity (Wildman–Crippen MR) is 60.6 cm³/mol. The lowest BCUT2D eigenvalue weighted by atomic mass is 9.78. The quantitative estimate of drug-likeness (QED) is 0.425. The summed E-state index contributed by atoms with van der Waals surface area (Å²) in [6, 6.07) is 3.46. The summed E-state index contributed by atoms with van der Waals surface area (Å²) in [4.78, 5) is 0.459. The van der Waals surface area contributed by atoms with Crippen molar-refractivity contribution in [3.8, 4) is 5.75 Å². The number of hydrogen-bond donors (Lipinski definition) is 4. The molecular weight excluding hydrogens is 219 g/mol. The molecule has 1 aromatic heterocycles. The molecule has 0 saturated carbocycles. The molecule has 0 spiro atoms. The molecule has 0 saturated heterocycles. The van der Waals surface area contributed by atoms with Gasteiger partial charge in [-0.2, -0.15) is 0 Å². The van der Waals surface area contributed by atoms with Crippen molar-refractivity contribution in [2.75, 3.05) is 0 Å². The molecule has 2 rings (SSSR count). The second-order valence-electron chi connectivity index (χ2n) is 2.87. The minimum atomic E-state index is -1.62. The molecule has 0 fully saturated rings. The smallest absolute Gasteiger partial charge is 0.490 e. The minimum Gasteiger partial charge on any atom is -0.506 e. The summed E-state index contributed by atoms with van der Waals surface area (Å²) in [7, 11) is -1.62. The van der Waals surface area contributed by atoms with E-state index in [1.807, 2.05) is 0 Å². The average molecular weight is 226 g/mol. The first-order valence-corrected chi connectivity index (χ1v) is 5.22. The molecule has 2 aromatic rings. The first kappa shape index (κ1) is 9.85. The molecule has 0 aliphatic rings. The van der Waals surface area contributed by atoms with Crippen molar-refractivity contribution in [3.63, 3.8) is 0 Å². The van der Waals surface area contributed by atoms with Gasteiger partial charge in [0.15, 0.2) is 0 Å². The highest BCUT2D eigenvalue weighted by Gasteiger charge is 2.21. The summed E-state index contributed by atoms with van der Waals surface area (Å²) in [5.74, 6) is 0.0593. The van der Waals surface area contributed by atoms with Crippen LogP contribution in [0.3, 0.4) is 0 Å². The topological polar surface area (TPSA) is 60.7 Å². The summed E-state index contributed by atoms with van der Waals surface area (Å²) in [5.41, 5.74) is 0.254. The Balaban J connectivity index is 2.87. The maximum absolute atomic E-state index is 9.52. The van der Waals surface area contributed by atoms with Crippen molar-refractivity contribution in [2.24, 2.45) is 0 Å². The van der Waals surface area contributed by atoms with Crippen molar-refractivity contribution < 1.29 is 15.2 Å². The third-order valence-electron chi connectivity index (χ3n) is 2.00. The zero-order valence-electron chi connectivity index (χ0n) is 7.01. The Morgan fingerprint density at radius 2 is 2.00 bits per heavy atom. The van der Waals surface area contributed by atoms with Gasteiger partial charge in [-0.05, 0) is 12.1 Å². The maximum Gasteiger partial charge on any atom is 0.490 e. The van der Waals surface area contributed by atoms with E-state index in [1.165, 1.54) is 11.3 Å². The Bertz CT molecular complexity index is 481. The van der Waals surface area contributed by atoms with Crippen LogP contribution in [0.2, 0.25) is 0 Å². The van der Waals surface area contributed by atoms with Crippen LogP contribution < -0.4 is 5.46 Å². The maximum atomic E-state index is 9.52. The van der Waals surface area contributed by atoms with Crippen LogP contribution in [-0.4, -0.2) is 22.3 Å². The van der Waals surface area contributed by atoms with E-state index in [4.69, 9.17) is 10.0 Å². The minimum absolute atomic E-state index is 0.0593. The number of aromatic hydroxyl groups is 1. The zero-order valence-corrected chi connectivity index (χ0v) is 8.72. The number of thiophene rings is 1. The molecule has 6 heteroatoms. The lowest BCUT2D eigenvalue weighted by Crippen LogP contribution is -2.31. The van der Waals surface area contributed by atoms with Gasteiger partial charge in [0, 0.05) is 25.8 Å². The largest absolute Gasteiger partial charge is 0.506 e. The highest BCUT2D eigenvalue weighted by Crippen LogP contribution is 2.31. The van der Waals surface area contributed by atoms with Gasteiger partial charge in [0.05, 0.1) is 0 Å². The van der Waals surface area contributed by atoms with Crippen molar-refractivity contribution >= 4 is 46.6 Å². The van der Waals surface area contributed by atoms with Gasteiger partial charge in [-0.25, -0.2) is 0 Å². The van der Waals surface area contributed by atoms with Gasteiger partial charge in [-0.1, -0.05) is 0 Å². The first-order valence-electron chi connectivity index (χ1n) is 3.89. The predicted octanol–water partition coefficient (Wildman–Crippen LogP) is 0.575. The SMILES string of the molecule is OB(O)c1c(S)ccc2scc(O)c12. The Morgan fingerprint density at radius 1 is 1.29 bits per heavy atom. The molecule has 0 aliphatic heterocycles. The van der Waals surface area contributed by atoms with E-state index in [2.05, 4.69) is 12.6 Å². The van der Waals surface area contributed by atoms with Crippen LogP contribution in [0, 0.1) is 0 Å². The standard InChI is InChI=1S/C8H7BO3S2/c10-4-3-14-6-2-1-5(13)8(7(4)6)9(11)12/h1-3,10-13H. The molecule has 1 heterocycles. The molecule has 72 valence electrons. The molecular formula is C8H7BO3S2. The Labute approximate surface area is 90.2 Å². The third kappa shape index (κ3) is 1.40. The van der Waals surface area contributed by atoms with Crippen molar-refractivity contribution in [1.82, 2.24) is 0 Å². The van der Waals surface area contributed by atoms with Crippen molar-refractivity contribution in [3.05, 3.63) is 17.5 Å². The highest BCUT2D eigenvalue weighted by atomic mass is 32.1. The summed E-state index contributed by atoms with van der Waals surface area (Å²) in [6.45, 7) is 0. The van der Waals surface area contributed by atoms with Crippen LogP contribution in [0.25, 0.3) is 10.1 Å². The number of rotatable bonds is 1. The van der Waals surface area contributed by atoms with Crippen LogP contribution in [0.15, 0.2) is 22.4 Å².